The third-order valence-corrected chi connectivity index (χ3v) is 1.06. The van der Waals surface area contributed by atoms with Crippen LogP contribution in [-0.4, -0.2) is 25.7 Å². The first-order valence-electron chi connectivity index (χ1n) is 3.55. The first kappa shape index (κ1) is 9.59. The Morgan fingerprint density at radius 3 is 2.80 bits per heavy atom. The minimum absolute atomic E-state index is 0.212. The van der Waals surface area contributed by atoms with Crippen LogP contribution in [0, 0.1) is 0 Å². The van der Waals surface area contributed by atoms with Crippen molar-refractivity contribution in [2.24, 2.45) is 0 Å². The minimum Gasteiger partial charge on any atom is -0.367 e. The Kier molecular flexibility index (Phi) is 6.43. The summed E-state index contributed by atoms with van der Waals surface area (Å²) in [7, 11) is 0. The van der Waals surface area contributed by atoms with Crippen LogP contribution >= 0.6 is 0 Å². The molecular formula is C7H15NO2. The second-order valence-electron chi connectivity index (χ2n) is 2.09. The molecule has 0 heterocycles. The summed E-state index contributed by atoms with van der Waals surface area (Å²) in [5.74, 6) is 0.212. The van der Waals surface area contributed by atoms with E-state index in [-0.39, 0.29) is 5.78 Å². The summed E-state index contributed by atoms with van der Waals surface area (Å²) in [6.07, 6.45) is 0.590. The van der Waals surface area contributed by atoms with Crippen LogP contribution in [0.3, 0.4) is 0 Å². The average molecular weight is 145 g/mol. The molecule has 0 aromatic carbocycles. The molecule has 0 spiro atoms. The maximum atomic E-state index is 10.4. The number of hydrogen-bond donors (Lipinski definition) is 1. The highest BCUT2D eigenvalue weighted by molar-refractivity contribution is 5.75. The van der Waals surface area contributed by atoms with Gasteiger partial charge in [-0.15, -0.1) is 0 Å². The molecule has 10 heavy (non-hydrogen) atoms. The number of hydrogen-bond acceptors (Lipinski definition) is 3. The Balaban J connectivity index is 2.84. The van der Waals surface area contributed by atoms with E-state index in [1.807, 2.05) is 6.92 Å². The summed E-state index contributed by atoms with van der Waals surface area (Å²) >= 11 is 0. The van der Waals surface area contributed by atoms with Crippen molar-refractivity contribution in [3.8, 4) is 0 Å². The molecule has 0 bridgehead atoms. The third-order valence-electron chi connectivity index (χ3n) is 1.06. The topological polar surface area (TPSA) is 38.3 Å². The van der Waals surface area contributed by atoms with Gasteiger partial charge in [0, 0.05) is 19.6 Å². The molecule has 3 heteroatoms. The second kappa shape index (κ2) is 6.71. The fraction of sp³-hybridized carbons (Fsp3) is 0.857. The van der Waals surface area contributed by atoms with Crippen molar-refractivity contribution >= 4 is 5.78 Å². The number of Topliss-reactive ketones (excluding diaryl/α,β-unsaturated/α-hetero) is 1. The first-order chi connectivity index (χ1) is 4.77. The lowest BCUT2D eigenvalue weighted by molar-refractivity contribution is -0.116. The van der Waals surface area contributed by atoms with Gasteiger partial charge >= 0.3 is 0 Å². The number of rotatable bonds is 6. The third kappa shape index (κ3) is 7.59. The van der Waals surface area contributed by atoms with Crippen molar-refractivity contribution in [3.05, 3.63) is 0 Å². The van der Waals surface area contributed by atoms with E-state index in [4.69, 9.17) is 4.74 Å². The van der Waals surface area contributed by atoms with Crippen molar-refractivity contribution in [2.45, 2.75) is 20.3 Å². The van der Waals surface area contributed by atoms with Crippen LogP contribution in [0.15, 0.2) is 0 Å². The summed E-state index contributed by atoms with van der Waals surface area (Å²) in [4.78, 5) is 10.4. The van der Waals surface area contributed by atoms with Gasteiger partial charge in [0.25, 0.3) is 0 Å². The molecule has 0 aliphatic heterocycles. The van der Waals surface area contributed by atoms with E-state index in [0.29, 0.717) is 19.8 Å². The Hall–Kier alpha value is -0.410. The zero-order valence-electron chi connectivity index (χ0n) is 6.64. The molecule has 0 aliphatic carbocycles. The molecule has 0 aromatic heterocycles. The molecule has 60 valence electrons. The molecule has 0 unspecified atom stereocenters. The Morgan fingerprint density at radius 2 is 2.30 bits per heavy atom. The molecule has 0 atom stereocenters. The minimum atomic E-state index is 0.212. The summed E-state index contributed by atoms with van der Waals surface area (Å²) in [6.45, 7) is 5.50. The summed E-state index contributed by atoms with van der Waals surface area (Å²) in [6, 6.07) is 0. The van der Waals surface area contributed by atoms with Crippen molar-refractivity contribution in [1.29, 1.82) is 0 Å². The number of carbonyl (C=O) groups excluding carboxylic acids is 1. The van der Waals surface area contributed by atoms with Crippen LogP contribution in [0.25, 0.3) is 0 Å². The quantitative estimate of drug-likeness (QED) is 0.438. The normalized spacial score (nSPS) is 9.80. The van der Waals surface area contributed by atoms with Crippen LogP contribution in [0.1, 0.15) is 20.3 Å². The summed E-state index contributed by atoms with van der Waals surface area (Å²) in [5, 5.41) is 2.97. The van der Waals surface area contributed by atoms with Crippen LogP contribution in [0.5, 0.6) is 0 Å². The first-order valence-corrected chi connectivity index (χ1v) is 3.55. The molecule has 1 N–H and O–H groups in total. The molecule has 0 rings (SSSR count). The van der Waals surface area contributed by atoms with E-state index in [1.165, 1.54) is 0 Å². The number of nitrogens with one attached hydrogen (secondary N) is 1. The van der Waals surface area contributed by atoms with Gasteiger partial charge in [0.05, 0.1) is 6.73 Å². The lowest BCUT2D eigenvalue weighted by Crippen LogP contribution is -2.20. The van der Waals surface area contributed by atoms with Crippen LogP contribution in [-0.2, 0) is 9.53 Å². The average Bonchev–Trinajstić information content (AvgIpc) is 1.87. The van der Waals surface area contributed by atoms with Gasteiger partial charge in [0.1, 0.15) is 5.78 Å². The number of carbonyl (C=O) groups is 1. The molecule has 0 saturated heterocycles. The predicted octanol–water partition coefficient (Wildman–Crippen LogP) is 0.549. The Bertz CT molecular complexity index is 93.6. The van der Waals surface area contributed by atoms with Crippen molar-refractivity contribution in [2.75, 3.05) is 19.9 Å². The van der Waals surface area contributed by atoms with Crippen molar-refractivity contribution < 1.29 is 9.53 Å². The standard InChI is InChI=1S/C7H15NO2/c1-3-10-6-8-5-4-7(2)9/h8H,3-6H2,1-2H3. The highest BCUT2D eigenvalue weighted by Crippen LogP contribution is 1.77. The lowest BCUT2D eigenvalue weighted by atomic mass is 10.3. The van der Waals surface area contributed by atoms with Gasteiger partial charge in [-0.05, 0) is 13.8 Å². The van der Waals surface area contributed by atoms with Crippen LogP contribution < -0.4 is 5.32 Å². The predicted molar refractivity (Wildman–Crippen MR) is 39.8 cm³/mol. The number of ether oxygens (including phenoxy) is 1. The second-order valence-corrected chi connectivity index (χ2v) is 2.09. The highest BCUT2D eigenvalue weighted by Gasteiger charge is 1.90. The van der Waals surface area contributed by atoms with Gasteiger partial charge in [0.15, 0.2) is 0 Å². The van der Waals surface area contributed by atoms with E-state index in [1.54, 1.807) is 6.92 Å². The van der Waals surface area contributed by atoms with E-state index >= 15 is 0 Å². The Labute approximate surface area is 61.8 Å². The fourth-order valence-electron chi connectivity index (χ4n) is 0.511. The highest BCUT2D eigenvalue weighted by atomic mass is 16.5. The van der Waals surface area contributed by atoms with Gasteiger partial charge in [-0.1, -0.05) is 0 Å². The summed E-state index contributed by atoms with van der Waals surface area (Å²) in [5.41, 5.74) is 0. The Morgan fingerprint density at radius 1 is 1.60 bits per heavy atom. The summed E-state index contributed by atoms with van der Waals surface area (Å²) < 4.78 is 4.99. The van der Waals surface area contributed by atoms with Crippen molar-refractivity contribution in [1.82, 2.24) is 5.32 Å². The molecule has 0 amide bonds. The zero-order chi connectivity index (χ0) is 7.82. The molecule has 0 radical (unpaired) electrons. The maximum absolute atomic E-state index is 10.4. The molecule has 3 nitrogen and oxygen atoms in total. The van der Waals surface area contributed by atoms with Gasteiger partial charge in [-0.25, -0.2) is 0 Å². The largest absolute Gasteiger partial charge is 0.367 e. The number of ketones is 1. The van der Waals surface area contributed by atoms with E-state index in [9.17, 15) is 4.79 Å². The molecule has 0 aliphatic rings. The van der Waals surface area contributed by atoms with Crippen molar-refractivity contribution in [3.63, 3.8) is 0 Å². The molecule has 0 saturated carbocycles. The van der Waals surface area contributed by atoms with Gasteiger partial charge in [0.2, 0.25) is 0 Å². The van der Waals surface area contributed by atoms with E-state index in [2.05, 4.69) is 5.32 Å². The molecule has 0 aromatic rings. The lowest BCUT2D eigenvalue weighted by Gasteiger charge is -2.01. The SMILES string of the molecule is CCOCNCCC(C)=O. The monoisotopic (exact) mass is 145 g/mol. The van der Waals surface area contributed by atoms with Crippen LogP contribution in [0.4, 0.5) is 0 Å². The zero-order valence-corrected chi connectivity index (χ0v) is 6.64. The molecule has 0 fully saturated rings. The van der Waals surface area contributed by atoms with E-state index < -0.39 is 0 Å². The van der Waals surface area contributed by atoms with Crippen LogP contribution in [0.2, 0.25) is 0 Å². The van der Waals surface area contributed by atoms with Gasteiger partial charge < -0.3 is 4.74 Å². The van der Waals surface area contributed by atoms with E-state index in [0.717, 1.165) is 6.54 Å². The fourth-order valence-corrected chi connectivity index (χ4v) is 0.511. The van der Waals surface area contributed by atoms with Gasteiger partial charge in [-0.2, -0.15) is 0 Å². The maximum Gasteiger partial charge on any atom is 0.131 e. The molecular weight excluding hydrogens is 130 g/mol. The smallest absolute Gasteiger partial charge is 0.131 e. The van der Waals surface area contributed by atoms with Gasteiger partial charge in [-0.3, -0.25) is 10.1 Å².